The van der Waals surface area contributed by atoms with E-state index in [0.717, 1.165) is 21.0 Å². The molecule has 0 aliphatic carbocycles. The lowest BCUT2D eigenvalue weighted by molar-refractivity contribution is 0.580. The normalized spacial score (nSPS) is 11.2. The van der Waals surface area contributed by atoms with E-state index in [0.29, 0.717) is 0 Å². The molecule has 3 aromatic rings. The van der Waals surface area contributed by atoms with Crippen LogP contribution in [0.1, 0.15) is 0 Å². The third-order valence-electron chi connectivity index (χ3n) is 1.96. The summed E-state index contributed by atoms with van der Waals surface area (Å²) in [7, 11) is 0. The summed E-state index contributed by atoms with van der Waals surface area (Å²) in [4.78, 5) is 5.42. The van der Waals surface area contributed by atoms with Crippen molar-refractivity contribution in [3.8, 4) is 11.5 Å². The van der Waals surface area contributed by atoms with Gasteiger partial charge in [-0.15, -0.1) is 11.3 Å². The van der Waals surface area contributed by atoms with Gasteiger partial charge in [-0.05, 0) is 28.1 Å². The first-order chi connectivity index (χ1) is 6.86. The number of rotatable bonds is 1. The Bertz CT molecular complexity index is 567. The number of hydrogen-bond acceptors (Lipinski definition) is 3. The van der Waals surface area contributed by atoms with Gasteiger partial charge in [-0.2, -0.15) is 0 Å². The van der Waals surface area contributed by atoms with Crippen LogP contribution in [0.2, 0.25) is 0 Å². The zero-order valence-electron chi connectivity index (χ0n) is 6.98. The van der Waals surface area contributed by atoms with E-state index in [1.807, 2.05) is 28.1 Å². The zero-order valence-corrected chi connectivity index (χ0v) is 9.38. The van der Waals surface area contributed by atoms with Gasteiger partial charge < -0.3 is 4.42 Å². The van der Waals surface area contributed by atoms with Crippen LogP contribution in [0.4, 0.5) is 0 Å². The predicted molar refractivity (Wildman–Crippen MR) is 58.5 cm³/mol. The molecule has 0 spiro atoms. The number of imidazole rings is 1. The molecular weight excluding hydrogens is 264 g/mol. The Kier molecular flexibility index (Phi) is 1.75. The van der Waals surface area contributed by atoms with Gasteiger partial charge in [0, 0.05) is 11.6 Å². The zero-order chi connectivity index (χ0) is 9.54. The summed E-state index contributed by atoms with van der Waals surface area (Å²) in [5.74, 6) is 0.785. The number of fused-ring (bicyclic) bond motifs is 1. The van der Waals surface area contributed by atoms with E-state index in [-0.39, 0.29) is 0 Å². The molecular formula is C9H5BrN2OS. The van der Waals surface area contributed by atoms with E-state index in [2.05, 4.69) is 20.9 Å². The lowest BCUT2D eigenvalue weighted by atomic mass is 10.4. The second kappa shape index (κ2) is 2.96. The van der Waals surface area contributed by atoms with Crippen LogP contribution in [0.25, 0.3) is 16.4 Å². The maximum atomic E-state index is 5.30. The Morgan fingerprint density at radius 1 is 1.50 bits per heavy atom. The van der Waals surface area contributed by atoms with Crippen molar-refractivity contribution in [1.82, 2.24) is 9.38 Å². The van der Waals surface area contributed by atoms with Gasteiger partial charge in [0.2, 0.25) is 0 Å². The Balaban J connectivity index is 2.32. The van der Waals surface area contributed by atoms with Crippen LogP contribution in [0.15, 0.2) is 39.0 Å². The molecule has 3 nitrogen and oxygen atoms in total. The molecule has 0 radical (unpaired) electrons. The maximum absolute atomic E-state index is 5.30. The summed E-state index contributed by atoms with van der Waals surface area (Å²) in [5.41, 5.74) is 0.849. The molecule has 0 saturated carbocycles. The van der Waals surface area contributed by atoms with Gasteiger partial charge in [0.1, 0.15) is 10.3 Å². The van der Waals surface area contributed by atoms with Crippen LogP contribution in [0.3, 0.4) is 0 Å². The first-order valence-corrected chi connectivity index (χ1v) is 5.68. The number of furan rings is 1. The van der Waals surface area contributed by atoms with Crippen LogP contribution in [0, 0.1) is 0 Å². The number of aromatic nitrogens is 2. The molecule has 3 heterocycles. The molecule has 3 rings (SSSR count). The first-order valence-electron chi connectivity index (χ1n) is 4.01. The fourth-order valence-electron chi connectivity index (χ4n) is 1.33. The Hall–Kier alpha value is -1.07. The third kappa shape index (κ3) is 1.06. The number of thiazole rings is 1. The summed E-state index contributed by atoms with van der Waals surface area (Å²) in [6.07, 6.45) is 3.62. The molecule has 0 aromatic carbocycles. The van der Waals surface area contributed by atoms with Crippen molar-refractivity contribution in [3.05, 3.63) is 34.6 Å². The number of halogens is 1. The lowest BCUT2D eigenvalue weighted by Crippen LogP contribution is -1.76. The minimum Gasteiger partial charge on any atom is -0.463 e. The van der Waals surface area contributed by atoms with Gasteiger partial charge >= 0.3 is 0 Å². The fraction of sp³-hybridized carbons (Fsp3) is 0. The van der Waals surface area contributed by atoms with E-state index in [1.54, 1.807) is 17.6 Å². The van der Waals surface area contributed by atoms with Crippen molar-refractivity contribution in [2.75, 3.05) is 0 Å². The van der Waals surface area contributed by atoms with Crippen LogP contribution in [-0.4, -0.2) is 9.38 Å². The molecule has 0 fully saturated rings. The molecule has 0 aliphatic rings. The second-order valence-corrected chi connectivity index (χ2v) is 4.41. The van der Waals surface area contributed by atoms with E-state index in [4.69, 9.17) is 4.42 Å². The lowest BCUT2D eigenvalue weighted by Gasteiger charge is -1.90. The number of nitrogens with zero attached hydrogens (tertiary/aromatic N) is 2. The van der Waals surface area contributed by atoms with Crippen molar-refractivity contribution in [2.24, 2.45) is 0 Å². The highest BCUT2D eigenvalue weighted by Gasteiger charge is 2.13. The molecule has 0 saturated heterocycles. The first kappa shape index (κ1) is 8.26. The van der Waals surface area contributed by atoms with Crippen molar-refractivity contribution in [2.45, 2.75) is 0 Å². The summed E-state index contributed by atoms with van der Waals surface area (Å²) in [6, 6.07) is 3.76. The van der Waals surface area contributed by atoms with E-state index in [1.165, 1.54) is 0 Å². The molecule has 3 aromatic heterocycles. The molecule has 14 heavy (non-hydrogen) atoms. The van der Waals surface area contributed by atoms with E-state index in [9.17, 15) is 0 Å². The third-order valence-corrected chi connectivity index (χ3v) is 3.47. The molecule has 0 amide bonds. The van der Waals surface area contributed by atoms with Crippen molar-refractivity contribution in [3.63, 3.8) is 0 Å². The van der Waals surface area contributed by atoms with Crippen molar-refractivity contribution in [1.29, 1.82) is 0 Å². The predicted octanol–water partition coefficient (Wildman–Crippen LogP) is 3.42. The van der Waals surface area contributed by atoms with Crippen LogP contribution >= 0.6 is 27.3 Å². The van der Waals surface area contributed by atoms with Gasteiger partial charge in [-0.25, -0.2) is 4.98 Å². The smallest absolute Gasteiger partial charge is 0.195 e. The highest BCUT2D eigenvalue weighted by molar-refractivity contribution is 9.10. The maximum Gasteiger partial charge on any atom is 0.195 e. The standard InChI is InChI=1S/C9H5BrN2OS/c10-8-7(6-2-1-4-13-6)11-9-12(8)3-5-14-9/h1-5H. The topological polar surface area (TPSA) is 30.4 Å². The van der Waals surface area contributed by atoms with Crippen LogP contribution in [-0.2, 0) is 0 Å². The summed E-state index contributed by atoms with van der Waals surface area (Å²) in [5, 5.41) is 2.00. The highest BCUT2D eigenvalue weighted by atomic mass is 79.9. The average molecular weight is 269 g/mol. The molecule has 70 valence electrons. The Morgan fingerprint density at radius 2 is 2.43 bits per heavy atom. The minimum absolute atomic E-state index is 0.785. The molecule has 5 heteroatoms. The fourth-order valence-corrected chi connectivity index (χ4v) is 2.73. The van der Waals surface area contributed by atoms with Crippen LogP contribution in [0.5, 0.6) is 0 Å². The minimum atomic E-state index is 0.785. The van der Waals surface area contributed by atoms with Crippen LogP contribution < -0.4 is 0 Å². The highest BCUT2D eigenvalue weighted by Crippen LogP contribution is 2.30. The summed E-state index contributed by atoms with van der Waals surface area (Å²) >= 11 is 5.10. The summed E-state index contributed by atoms with van der Waals surface area (Å²) in [6.45, 7) is 0. The molecule has 0 unspecified atom stereocenters. The van der Waals surface area contributed by atoms with E-state index < -0.39 is 0 Å². The van der Waals surface area contributed by atoms with Gasteiger partial charge in [0.15, 0.2) is 10.7 Å². The van der Waals surface area contributed by atoms with Gasteiger partial charge in [-0.3, -0.25) is 4.40 Å². The monoisotopic (exact) mass is 268 g/mol. The molecule has 0 aliphatic heterocycles. The second-order valence-electron chi connectivity index (χ2n) is 2.78. The molecule has 0 atom stereocenters. The molecule has 0 N–H and O–H groups in total. The van der Waals surface area contributed by atoms with Gasteiger partial charge in [0.05, 0.1) is 6.26 Å². The van der Waals surface area contributed by atoms with Gasteiger partial charge in [0.25, 0.3) is 0 Å². The van der Waals surface area contributed by atoms with Gasteiger partial charge in [-0.1, -0.05) is 0 Å². The van der Waals surface area contributed by atoms with Crippen molar-refractivity contribution >= 4 is 32.2 Å². The molecule has 0 bridgehead atoms. The average Bonchev–Trinajstić information content (AvgIpc) is 2.84. The Labute approximate surface area is 92.1 Å². The Morgan fingerprint density at radius 3 is 3.14 bits per heavy atom. The SMILES string of the molecule is Brc1c(-c2ccco2)nc2sccn12. The quantitative estimate of drug-likeness (QED) is 0.677. The van der Waals surface area contributed by atoms with Crippen molar-refractivity contribution < 1.29 is 4.42 Å². The van der Waals surface area contributed by atoms with E-state index >= 15 is 0 Å². The largest absolute Gasteiger partial charge is 0.463 e. The summed E-state index contributed by atoms with van der Waals surface area (Å²) < 4.78 is 8.22. The number of hydrogen-bond donors (Lipinski definition) is 0.